The van der Waals surface area contributed by atoms with Crippen LogP contribution in [0.5, 0.6) is 23.0 Å². The average Bonchev–Trinajstić information content (AvgIpc) is 3.74. The van der Waals surface area contributed by atoms with Crippen LogP contribution in [0.15, 0.2) is 188 Å². The number of rotatable bonds is 5. The van der Waals surface area contributed by atoms with E-state index in [2.05, 4.69) is 201 Å². The summed E-state index contributed by atoms with van der Waals surface area (Å²) < 4.78 is 14.3. The van der Waals surface area contributed by atoms with Crippen LogP contribution in [0.25, 0.3) is 39.0 Å². The Labute approximate surface area is 327 Å². The smallest absolute Gasteiger partial charge is 0.194 e. The molecule has 0 fully saturated rings. The highest BCUT2D eigenvalue weighted by atomic mass is 16.6. The van der Waals surface area contributed by atoms with E-state index in [1.165, 1.54) is 44.5 Å². The second kappa shape index (κ2) is 12.5. The molecule has 11 rings (SSSR count). The molecule has 1 spiro atoms. The number of hydrogen-bond acceptors (Lipinski definition) is 3. The molecule has 0 saturated carbocycles. The van der Waals surface area contributed by atoms with E-state index in [-0.39, 0.29) is 0 Å². The molecule has 0 radical (unpaired) electrons. The maximum absolute atomic E-state index is 7.15. The van der Waals surface area contributed by atoms with Crippen molar-refractivity contribution in [1.29, 1.82) is 0 Å². The zero-order chi connectivity index (χ0) is 37.4. The Kier molecular flexibility index (Phi) is 7.20. The van der Waals surface area contributed by atoms with Gasteiger partial charge in [-0.25, -0.2) is 0 Å². The summed E-state index contributed by atoms with van der Waals surface area (Å²) in [6, 6.07) is 65.1. The van der Waals surface area contributed by atoms with Gasteiger partial charge < -0.3 is 14.4 Å². The van der Waals surface area contributed by atoms with Crippen LogP contribution in [-0.4, -0.2) is 0 Å². The molecule has 0 atom stereocenters. The van der Waals surface area contributed by atoms with Crippen molar-refractivity contribution >= 4 is 22.6 Å². The molecule has 266 valence electrons. The molecule has 1 aliphatic heterocycles. The minimum atomic E-state index is -0.465. The van der Waals surface area contributed by atoms with E-state index in [1.54, 1.807) is 0 Å². The Morgan fingerprint density at radius 1 is 0.482 bits per heavy atom. The van der Waals surface area contributed by atoms with Crippen LogP contribution in [-0.2, 0) is 5.41 Å². The largest absolute Gasteiger partial charge is 0.449 e. The minimum Gasteiger partial charge on any atom is -0.449 e. The van der Waals surface area contributed by atoms with E-state index in [0.717, 1.165) is 45.1 Å². The van der Waals surface area contributed by atoms with Gasteiger partial charge in [-0.15, -0.1) is 0 Å². The summed E-state index contributed by atoms with van der Waals surface area (Å²) in [5.41, 5.74) is 17.0. The predicted octanol–water partition coefficient (Wildman–Crippen LogP) is 14.5. The van der Waals surface area contributed by atoms with Crippen molar-refractivity contribution in [3.63, 3.8) is 0 Å². The van der Waals surface area contributed by atoms with Gasteiger partial charge in [0.1, 0.15) is 0 Å². The number of benzene rings is 8. The molecule has 8 aromatic carbocycles. The third kappa shape index (κ3) is 4.52. The molecule has 0 aromatic heterocycles. The van der Waals surface area contributed by atoms with Crippen molar-refractivity contribution in [1.82, 2.24) is 0 Å². The van der Waals surface area contributed by atoms with Crippen LogP contribution in [0.2, 0.25) is 0 Å². The molecule has 8 aromatic rings. The van der Waals surface area contributed by atoms with Gasteiger partial charge >= 0.3 is 0 Å². The van der Waals surface area contributed by atoms with E-state index in [1.807, 2.05) is 6.07 Å². The van der Waals surface area contributed by atoms with E-state index < -0.39 is 5.41 Å². The van der Waals surface area contributed by atoms with E-state index in [4.69, 9.17) is 9.47 Å². The summed E-state index contributed by atoms with van der Waals surface area (Å²) in [5, 5.41) is 0. The van der Waals surface area contributed by atoms with Gasteiger partial charge in [-0.1, -0.05) is 152 Å². The fraction of sp³-hybridized carbons (Fsp3) is 0.0566. The summed E-state index contributed by atoms with van der Waals surface area (Å²) in [6.07, 6.45) is 2.16. The zero-order valence-electron chi connectivity index (χ0n) is 31.2. The topological polar surface area (TPSA) is 21.7 Å². The number of ether oxygens (including phenoxy) is 2. The molecule has 0 amide bonds. The second-order valence-electron chi connectivity index (χ2n) is 14.8. The van der Waals surface area contributed by atoms with E-state index in [0.29, 0.717) is 17.2 Å². The van der Waals surface area contributed by atoms with Crippen LogP contribution in [0.4, 0.5) is 17.1 Å². The molecule has 0 bridgehead atoms. The molecular weight excluding hydrogens is 683 g/mol. The first kappa shape index (κ1) is 32.3. The number of allylic oxidation sites excluding steroid dienone is 2. The number of hydrogen-bond donors (Lipinski definition) is 0. The predicted molar refractivity (Wildman–Crippen MR) is 229 cm³/mol. The van der Waals surface area contributed by atoms with Crippen molar-refractivity contribution < 1.29 is 9.47 Å². The Hall–Kier alpha value is -7.10. The van der Waals surface area contributed by atoms with Gasteiger partial charge in [0.2, 0.25) is 0 Å². The van der Waals surface area contributed by atoms with Crippen molar-refractivity contribution in [3.05, 3.63) is 216 Å². The highest BCUT2D eigenvalue weighted by Gasteiger charge is 2.53. The van der Waals surface area contributed by atoms with E-state index >= 15 is 0 Å². The Morgan fingerprint density at radius 3 is 1.79 bits per heavy atom. The number of para-hydroxylation sites is 2. The summed E-state index contributed by atoms with van der Waals surface area (Å²) in [5.74, 6) is 2.80. The molecule has 2 aliphatic carbocycles. The molecule has 3 nitrogen and oxygen atoms in total. The maximum Gasteiger partial charge on any atom is 0.194 e. The normalized spacial score (nSPS) is 13.7. The van der Waals surface area contributed by atoms with Gasteiger partial charge in [-0.2, -0.15) is 0 Å². The fourth-order valence-electron chi connectivity index (χ4n) is 9.39. The van der Waals surface area contributed by atoms with Crippen molar-refractivity contribution in [3.8, 4) is 56.4 Å². The third-order valence-corrected chi connectivity index (χ3v) is 11.9. The van der Waals surface area contributed by atoms with Crippen LogP contribution in [0.3, 0.4) is 0 Å². The maximum atomic E-state index is 7.15. The fourth-order valence-corrected chi connectivity index (χ4v) is 9.39. The van der Waals surface area contributed by atoms with Crippen LogP contribution in [0.1, 0.15) is 41.7 Å². The first-order chi connectivity index (χ1) is 27.7. The molecule has 3 aliphatic rings. The van der Waals surface area contributed by atoms with Crippen LogP contribution >= 0.6 is 0 Å². The molecule has 0 unspecified atom stereocenters. The number of nitrogens with zero attached hydrogens (tertiary/aromatic N) is 1. The van der Waals surface area contributed by atoms with Crippen molar-refractivity contribution in [2.24, 2.45) is 0 Å². The highest BCUT2D eigenvalue weighted by molar-refractivity contribution is 5.98. The Morgan fingerprint density at radius 2 is 1.05 bits per heavy atom. The molecule has 1 heterocycles. The SMILES string of the molecule is C/C=C(\C)c1cccc(N(c2ccccc2-c2ccccc2)c2cccc3c2Oc2ccc4c(c2O3)-c2ccccc2C42c3ccccc3-c3ccccc32)c1. The van der Waals surface area contributed by atoms with Gasteiger partial charge in [0.05, 0.1) is 16.8 Å². The first-order valence-electron chi connectivity index (χ1n) is 19.3. The highest BCUT2D eigenvalue weighted by Crippen LogP contribution is 2.66. The summed E-state index contributed by atoms with van der Waals surface area (Å²) in [4.78, 5) is 2.31. The van der Waals surface area contributed by atoms with Gasteiger partial charge in [-0.05, 0) is 106 Å². The van der Waals surface area contributed by atoms with Gasteiger partial charge in [-0.3, -0.25) is 0 Å². The van der Waals surface area contributed by atoms with Crippen LogP contribution < -0.4 is 14.4 Å². The minimum absolute atomic E-state index is 0.465. The molecule has 3 heteroatoms. The van der Waals surface area contributed by atoms with Gasteiger partial charge in [0, 0.05) is 16.8 Å². The molecule has 0 N–H and O–H groups in total. The lowest BCUT2D eigenvalue weighted by Gasteiger charge is -2.33. The lowest BCUT2D eigenvalue weighted by molar-refractivity contribution is 0.361. The van der Waals surface area contributed by atoms with Crippen molar-refractivity contribution in [2.45, 2.75) is 19.3 Å². The second-order valence-corrected chi connectivity index (χ2v) is 14.8. The molecule has 0 saturated heterocycles. The Bertz CT molecular complexity index is 2860. The zero-order valence-corrected chi connectivity index (χ0v) is 31.2. The monoisotopic (exact) mass is 719 g/mol. The molecular formula is C53H37NO2. The van der Waals surface area contributed by atoms with Crippen LogP contribution in [0, 0.1) is 0 Å². The van der Waals surface area contributed by atoms with E-state index in [9.17, 15) is 0 Å². The van der Waals surface area contributed by atoms with Crippen molar-refractivity contribution in [2.75, 3.05) is 4.90 Å². The lowest BCUT2D eigenvalue weighted by Crippen LogP contribution is -2.25. The quantitative estimate of drug-likeness (QED) is 0.177. The third-order valence-electron chi connectivity index (χ3n) is 11.9. The summed E-state index contributed by atoms with van der Waals surface area (Å²) in [6.45, 7) is 4.24. The number of anilines is 3. The Balaban J connectivity index is 1.11. The first-order valence-corrected chi connectivity index (χ1v) is 19.3. The molecule has 56 heavy (non-hydrogen) atoms. The average molecular weight is 720 g/mol. The lowest BCUT2D eigenvalue weighted by atomic mass is 9.70. The number of fused-ring (bicyclic) bond motifs is 13. The standard InChI is InChI=1S/C53H37NO2/c1-3-34(2)36-19-15-20-37(33-36)54(46-28-14-10-21-38(46)35-17-5-4-6-18-35)47-29-16-30-48-51(47)55-49-32-31-45-50(52(49)56-48)41-24-9-13-27-44(41)53(45)42-25-11-7-22-39(42)40-23-8-12-26-43(40)53/h3-33H,1-2H3/b34-3+. The van der Waals surface area contributed by atoms with Gasteiger partial charge in [0.15, 0.2) is 23.0 Å². The summed E-state index contributed by atoms with van der Waals surface area (Å²) in [7, 11) is 0. The van der Waals surface area contributed by atoms with Gasteiger partial charge in [0.25, 0.3) is 0 Å². The summed E-state index contributed by atoms with van der Waals surface area (Å²) >= 11 is 0.